The van der Waals surface area contributed by atoms with Crippen LogP contribution in [0.1, 0.15) is 64.7 Å². The number of rotatable bonds is 11. The zero-order valence-electron chi connectivity index (χ0n) is 11.8. The number of unbranched alkanes of at least 4 members (excludes halogenated alkanes) is 7. The third-order valence-electron chi connectivity index (χ3n) is 3.75. The van der Waals surface area contributed by atoms with E-state index in [9.17, 15) is 20.4 Å². The minimum absolute atomic E-state index is 0.0468. The number of hydrogen-bond acceptors (Lipinski definition) is 5. The molecule has 1 rings (SSSR count). The molecule has 1 heterocycles. The normalized spacial score (nSPS) is 19.7. The van der Waals surface area contributed by atoms with Crippen molar-refractivity contribution in [2.45, 2.75) is 82.4 Å². The average Bonchev–Trinajstić information content (AvgIpc) is 3.16. The van der Waals surface area contributed by atoms with Crippen molar-refractivity contribution < 1.29 is 25.2 Å². The highest BCUT2D eigenvalue weighted by Gasteiger charge is 2.58. The molecule has 4 N–H and O–H groups in total. The van der Waals surface area contributed by atoms with Gasteiger partial charge in [-0.15, -0.1) is 0 Å². The van der Waals surface area contributed by atoms with Crippen LogP contribution >= 0.6 is 0 Å². The molecule has 114 valence electrons. The van der Waals surface area contributed by atoms with Crippen LogP contribution < -0.4 is 0 Å². The lowest BCUT2D eigenvalue weighted by Crippen LogP contribution is -2.58. The number of aliphatic hydroxyl groups is 4. The summed E-state index contributed by atoms with van der Waals surface area (Å²) in [6, 6.07) is 0. The topological polar surface area (TPSA) is 93.5 Å². The van der Waals surface area contributed by atoms with Crippen molar-refractivity contribution in [2.24, 2.45) is 0 Å². The molecule has 0 spiro atoms. The molecule has 1 atom stereocenters. The van der Waals surface area contributed by atoms with Crippen molar-refractivity contribution in [3.63, 3.8) is 0 Å². The summed E-state index contributed by atoms with van der Waals surface area (Å²) in [6.45, 7) is 2.34. The smallest absolute Gasteiger partial charge is 0.247 e. The molecule has 0 aromatic carbocycles. The molecule has 0 aliphatic carbocycles. The maximum atomic E-state index is 9.70. The van der Waals surface area contributed by atoms with E-state index in [0.717, 1.165) is 19.3 Å². The van der Waals surface area contributed by atoms with Gasteiger partial charge < -0.3 is 25.2 Å². The highest BCUT2D eigenvalue weighted by atomic mass is 16.7. The maximum absolute atomic E-state index is 9.70. The maximum Gasteiger partial charge on any atom is 0.247 e. The summed E-state index contributed by atoms with van der Waals surface area (Å²) in [5.74, 6) is -5.05. The molecule has 1 fully saturated rings. The molecule has 0 bridgehead atoms. The van der Waals surface area contributed by atoms with Crippen LogP contribution in [-0.2, 0) is 4.74 Å². The minimum Gasteiger partial charge on any atom is -0.367 e. The Morgan fingerprint density at radius 2 is 1.37 bits per heavy atom. The fraction of sp³-hybridized carbons (Fsp3) is 1.00. The highest BCUT2D eigenvalue weighted by Crippen LogP contribution is 2.33. The minimum atomic E-state index is -2.56. The van der Waals surface area contributed by atoms with E-state index >= 15 is 0 Å². The van der Waals surface area contributed by atoms with Crippen molar-refractivity contribution in [3.05, 3.63) is 0 Å². The fourth-order valence-electron chi connectivity index (χ4n) is 2.23. The second kappa shape index (κ2) is 7.55. The second-order valence-electron chi connectivity index (χ2n) is 5.59. The molecule has 1 unspecified atom stereocenters. The van der Waals surface area contributed by atoms with Crippen LogP contribution in [-0.4, -0.2) is 44.7 Å². The van der Waals surface area contributed by atoms with Gasteiger partial charge in [-0.25, -0.2) is 0 Å². The van der Waals surface area contributed by atoms with E-state index in [4.69, 9.17) is 4.74 Å². The lowest BCUT2D eigenvalue weighted by Gasteiger charge is -2.33. The zero-order valence-corrected chi connectivity index (χ0v) is 11.8. The Hall–Kier alpha value is -0.200. The summed E-state index contributed by atoms with van der Waals surface area (Å²) in [5, 5.41) is 38.6. The van der Waals surface area contributed by atoms with E-state index in [1.807, 2.05) is 0 Å². The Morgan fingerprint density at radius 1 is 0.895 bits per heavy atom. The first-order valence-electron chi connectivity index (χ1n) is 7.43. The van der Waals surface area contributed by atoms with Crippen LogP contribution in [0.15, 0.2) is 0 Å². The SMILES string of the molecule is CCCCCCCCCCC(O)(O)C(O)(O)C1CO1. The largest absolute Gasteiger partial charge is 0.367 e. The molecular weight excluding hydrogens is 248 g/mol. The van der Waals surface area contributed by atoms with Gasteiger partial charge in [-0.3, -0.25) is 0 Å². The molecule has 0 amide bonds. The van der Waals surface area contributed by atoms with E-state index in [0.29, 0.717) is 6.42 Å². The van der Waals surface area contributed by atoms with E-state index < -0.39 is 17.7 Å². The summed E-state index contributed by atoms with van der Waals surface area (Å²) in [4.78, 5) is 0. The Balaban J connectivity index is 2.07. The Kier molecular flexibility index (Phi) is 6.69. The molecule has 1 aliphatic heterocycles. The van der Waals surface area contributed by atoms with E-state index in [1.54, 1.807) is 0 Å². The molecule has 1 saturated heterocycles. The van der Waals surface area contributed by atoms with Gasteiger partial charge in [0.25, 0.3) is 0 Å². The molecular formula is C14H28O5. The lowest BCUT2D eigenvalue weighted by molar-refractivity contribution is -0.364. The second-order valence-corrected chi connectivity index (χ2v) is 5.59. The standard InChI is InChI=1S/C14H28O5/c1-2-3-4-5-6-7-8-9-10-13(15,16)14(17,18)12-11-19-12/h12,15-18H,2-11H2,1H3. The van der Waals surface area contributed by atoms with Crippen molar-refractivity contribution in [1.82, 2.24) is 0 Å². The summed E-state index contributed by atoms with van der Waals surface area (Å²) in [6.07, 6.45) is 7.69. The van der Waals surface area contributed by atoms with Crippen LogP contribution in [0, 0.1) is 0 Å². The molecule has 1 aliphatic rings. The summed E-state index contributed by atoms with van der Waals surface area (Å²) < 4.78 is 4.72. The molecule has 19 heavy (non-hydrogen) atoms. The quantitative estimate of drug-likeness (QED) is 0.259. The van der Waals surface area contributed by atoms with Crippen molar-refractivity contribution in [3.8, 4) is 0 Å². The van der Waals surface area contributed by atoms with Crippen LogP contribution in [0.4, 0.5) is 0 Å². The van der Waals surface area contributed by atoms with Gasteiger partial charge in [0.2, 0.25) is 11.6 Å². The van der Waals surface area contributed by atoms with Crippen LogP contribution in [0.2, 0.25) is 0 Å². The van der Waals surface area contributed by atoms with Gasteiger partial charge in [-0.1, -0.05) is 51.9 Å². The Morgan fingerprint density at radius 3 is 1.84 bits per heavy atom. The molecule has 0 aromatic heterocycles. The molecule has 5 nitrogen and oxygen atoms in total. The van der Waals surface area contributed by atoms with Crippen LogP contribution in [0.5, 0.6) is 0 Å². The van der Waals surface area contributed by atoms with Gasteiger partial charge in [0.1, 0.15) is 6.10 Å². The van der Waals surface area contributed by atoms with Gasteiger partial charge in [0.15, 0.2) is 0 Å². The zero-order chi connectivity index (χ0) is 14.4. The molecule has 0 saturated carbocycles. The van der Waals surface area contributed by atoms with Crippen molar-refractivity contribution >= 4 is 0 Å². The van der Waals surface area contributed by atoms with Crippen molar-refractivity contribution in [2.75, 3.05) is 6.61 Å². The Labute approximate surface area is 115 Å². The number of hydrogen-bond donors (Lipinski definition) is 4. The van der Waals surface area contributed by atoms with E-state index in [1.165, 1.54) is 25.7 Å². The summed E-state index contributed by atoms with van der Waals surface area (Å²) in [7, 11) is 0. The molecule has 5 heteroatoms. The summed E-state index contributed by atoms with van der Waals surface area (Å²) in [5.41, 5.74) is 0. The van der Waals surface area contributed by atoms with Gasteiger partial charge in [-0.05, 0) is 6.42 Å². The third kappa shape index (κ3) is 5.36. The van der Waals surface area contributed by atoms with Gasteiger partial charge >= 0.3 is 0 Å². The van der Waals surface area contributed by atoms with Gasteiger partial charge in [0, 0.05) is 6.42 Å². The van der Waals surface area contributed by atoms with Crippen molar-refractivity contribution in [1.29, 1.82) is 0 Å². The lowest BCUT2D eigenvalue weighted by atomic mass is 9.96. The number of epoxide rings is 1. The first kappa shape index (κ1) is 16.9. The van der Waals surface area contributed by atoms with Gasteiger partial charge in [-0.2, -0.15) is 0 Å². The fourth-order valence-corrected chi connectivity index (χ4v) is 2.23. The Bertz CT molecular complexity index is 248. The van der Waals surface area contributed by atoms with Crippen LogP contribution in [0.3, 0.4) is 0 Å². The van der Waals surface area contributed by atoms with E-state index in [2.05, 4.69) is 6.92 Å². The van der Waals surface area contributed by atoms with E-state index in [-0.39, 0.29) is 13.0 Å². The monoisotopic (exact) mass is 276 g/mol. The predicted molar refractivity (Wildman–Crippen MR) is 71.3 cm³/mol. The predicted octanol–water partition coefficient (Wildman–Crippen LogP) is 1.28. The molecule has 0 radical (unpaired) electrons. The number of ether oxygens (including phenoxy) is 1. The first-order valence-corrected chi connectivity index (χ1v) is 7.43. The average molecular weight is 276 g/mol. The first-order chi connectivity index (χ1) is 8.92. The van der Waals surface area contributed by atoms with Crippen LogP contribution in [0.25, 0.3) is 0 Å². The summed E-state index contributed by atoms with van der Waals surface area (Å²) >= 11 is 0. The molecule has 0 aromatic rings. The third-order valence-corrected chi connectivity index (χ3v) is 3.75. The van der Waals surface area contributed by atoms with Gasteiger partial charge in [0.05, 0.1) is 6.61 Å². The highest BCUT2D eigenvalue weighted by molar-refractivity contribution is 4.94.